The maximum atomic E-state index is 12.3. The van der Waals surface area contributed by atoms with Crippen LogP contribution in [0.2, 0.25) is 5.02 Å². The Bertz CT molecular complexity index is 651. The number of benzene rings is 1. The van der Waals surface area contributed by atoms with Gasteiger partial charge in [-0.3, -0.25) is 9.59 Å². The highest BCUT2D eigenvalue weighted by atomic mass is 35.5. The van der Waals surface area contributed by atoms with Crippen LogP contribution in [-0.4, -0.2) is 49.3 Å². The first-order valence-corrected chi connectivity index (χ1v) is 8.37. The van der Waals surface area contributed by atoms with E-state index in [2.05, 4.69) is 10.6 Å². The van der Waals surface area contributed by atoms with Gasteiger partial charge in [0.25, 0.3) is 0 Å². The smallest absolute Gasteiger partial charge is 0.224 e. The molecule has 2 saturated heterocycles. The maximum absolute atomic E-state index is 12.3. The van der Waals surface area contributed by atoms with Crippen molar-refractivity contribution in [3.8, 4) is 0 Å². The van der Waals surface area contributed by atoms with Gasteiger partial charge in [0.1, 0.15) is 12.2 Å². The largest absolute Gasteiger partial charge is 0.371 e. The summed E-state index contributed by atoms with van der Waals surface area (Å²) in [6.45, 7) is 4.14. The summed E-state index contributed by atoms with van der Waals surface area (Å²) in [5.41, 5.74) is 1.75. The van der Waals surface area contributed by atoms with E-state index in [4.69, 9.17) is 21.1 Å². The molecule has 0 spiro atoms. The van der Waals surface area contributed by atoms with Crippen molar-refractivity contribution in [1.29, 1.82) is 0 Å². The Labute approximate surface area is 145 Å². The van der Waals surface area contributed by atoms with Crippen molar-refractivity contribution in [2.24, 2.45) is 0 Å². The number of hydrogen-bond donors (Lipinski definition) is 2. The number of aryl methyl sites for hydroxylation is 1. The number of hydrogen-bond acceptors (Lipinski definition) is 4. The number of nitrogens with one attached hydrogen (secondary N) is 2. The highest BCUT2D eigenvalue weighted by Gasteiger charge is 2.48. The molecule has 2 amide bonds. The van der Waals surface area contributed by atoms with Gasteiger partial charge in [-0.15, -0.1) is 0 Å². The van der Waals surface area contributed by atoms with E-state index in [1.165, 1.54) is 6.92 Å². The van der Waals surface area contributed by atoms with E-state index < -0.39 is 0 Å². The quantitative estimate of drug-likeness (QED) is 0.847. The summed E-state index contributed by atoms with van der Waals surface area (Å²) in [5.74, 6) is -0.238. The molecule has 0 radical (unpaired) electrons. The number of amides is 2. The first kappa shape index (κ1) is 17.2. The van der Waals surface area contributed by atoms with Gasteiger partial charge in [-0.2, -0.15) is 0 Å². The van der Waals surface area contributed by atoms with Gasteiger partial charge in [-0.05, 0) is 18.1 Å². The van der Waals surface area contributed by atoms with Crippen LogP contribution in [0.3, 0.4) is 0 Å². The van der Waals surface area contributed by atoms with E-state index in [1.54, 1.807) is 0 Å². The lowest BCUT2D eigenvalue weighted by Crippen LogP contribution is -2.46. The molecular weight excluding hydrogens is 332 g/mol. The topological polar surface area (TPSA) is 76.7 Å². The minimum atomic E-state index is -0.237. The minimum Gasteiger partial charge on any atom is -0.371 e. The number of rotatable bonds is 4. The molecule has 2 fully saturated rings. The van der Waals surface area contributed by atoms with Crippen LogP contribution in [0, 0.1) is 6.92 Å². The molecule has 130 valence electrons. The molecule has 0 bridgehead atoms. The van der Waals surface area contributed by atoms with Gasteiger partial charge >= 0.3 is 0 Å². The molecule has 6 nitrogen and oxygen atoms in total. The molecule has 3 rings (SSSR count). The monoisotopic (exact) mass is 352 g/mol. The second kappa shape index (κ2) is 7.09. The fourth-order valence-corrected chi connectivity index (χ4v) is 3.48. The van der Waals surface area contributed by atoms with Crippen molar-refractivity contribution in [2.45, 2.75) is 44.6 Å². The molecule has 0 saturated carbocycles. The van der Waals surface area contributed by atoms with Crippen molar-refractivity contribution in [3.63, 3.8) is 0 Å². The first-order valence-electron chi connectivity index (χ1n) is 7.99. The van der Waals surface area contributed by atoms with Gasteiger partial charge in [0.2, 0.25) is 11.8 Å². The lowest BCUT2D eigenvalue weighted by atomic mass is 10.0. The van der Waals surface area contributed by atoms with Crippen molar-refractivity contribution in [1.82, 2.24) is 10.6 Å². The molecule has 4 atom stereocenters. The third kappa shape index (κ3) is 3.55. The summed E-state index contributed by atoms with van der Waals surface area (Å²) in [6, 6.07) is 5.26. The van der Waals surface area contributed by atoms with Crippen LogP contribution in [0.4, 0.5) is 0 Å². The summed E-state index contributed by atoms with van der Waals surface area (Å²) in [4.78, 5) is 23.5. The maximum Gasteiger partial charge on any atom is 0.224 e. The average Bonchev–Trinajstić information content (AvgIpc) is 3.08. The fraction of sp³-hybridized carbons (Fsp3) is 0.529. The molecule has 2 N–H and O–H groups in total. The molecule has 24 heavy (non-hydrogen) atoms. The molecule has 2 aliphatic rings. The van der Waals surface area contributed by atoms with Gasteiger partial charge in [0.05, 0.1) is 31.7 Å². The van der Waals surface area contributed by atoms with Crippen molar-refractivity contribution >= 4 is 23.4 Å². The van der Waals surface area contributed by atoms with E-state index >= 15 is 0 Å². The van der Waals surface area contributed by atoms with Crippen LogP contribution in [0.25, 0.3) is 0 Å². The van der Waals surface area contributed by atoms with E-state index in [9.17, 15) is 9.59 Å². The number of carbonyl (C=O) groups excluding carboxylic acids is 2. The predicted octanol–water partition coefficient (Wildman–Crippen LogP) is 0.978. The molecule has 0 unspecified atom stereocenters. The third-order valence-corrected chi connectivity index (χ3v) is 4.95. The first-order chi connectivity index (χ1) is 11.5. The zero-order chi connectivity index (χ0) is 17.3. The third-order valence-electron chi connectivity index (χ3n) is 4.41. The summed E-state index contributed by atoms with van der Waals surface area (Å²) < 4.78 is 11.4. The average molecular weight is 353 g/mol. The zero-order valence-corrected chi connectivity index (χ0v) is 14.4. The molecule has 2 heterocycles. The number of fused-ring (bicyclic) bond motifs is 1. The molecular formula is C17H21ClN2O4. The molecule has 2 aliphatic heterocycles. The summed E-state index contributed by atoms with van der Waals surface area (Å²) in [7, 11) is 0. The second-order valence-corrected chi connectivity index (χ2v) is 6.68. The van der Waals surface area contributed by atoms with Crippen molar-refractivity contribution in [2.75, 3.05) is 13.2 Å². The fourth-order valence-electron chi connectivity index (χ4n) is 3.28. The van der Waals surface area contributed by atoms with Crippen LogP contribution >= 0.6 is 11.6 Å². The summed E-state index contributed by atoms with van der Waals surface area (Å²) >= 11 is 6.24. The van der Waals surface area contributed by atoms with E-state index in [0.717, 1.165) is 11.1 Å². The minimum absolute atomic E-state index is 0.116. The zero-order valence-electron chi connectivity index (χ0n) is 13.7. The van der Waals surface area contributed by atoms with Crippen LogP contribution in [0.1, 0.15) is 18.1 Å². The summed E-state index contributed by atoms with van der Waals surface area (Å²) in [6.07, 6.45) is -0.246. The van der Waals surface area contributed by atoms with Crippen LogP contribution in [0.5, 0.6) is 0 Å². The van der Waals surface area contributed by atoms with Crippen LogP contribution in [-0.2, 0) is 25.5 Å². The Kier molecular flexibility index (Phi) is 5.08. The normalized spacial score (nSPS) is 28.5. The second-order valence-electron chi connectivity index (χ2n) is 6.30. The van der Waals surface area contributed by atoms with Crippen molar-refractivity contribution < 1.29 is 19.1 Å². The van der Waals surface area contributed by atoms with Gasteiger partial charge in [-0.1, -0.05) is 29.8 Å². The SMILES string of the molecule is CC(=O)N[C@H]1CO[C@H]2[C@@H]1OC[C@@H]2NC(=O)Cc1cccc(C)c1Cl. The Hall–Kier alpha value is -1.63. The van der Waals surface area contributed by atoms with Gasteiger partial charge < -0.3 is 20.1 Å². The van der Waals surface area contributed by atoms with E-state index in [1.807, 2.05) is 25.1 Å². The number of carbonyl (C=O) groups is 2. The van der Waals surface area contributed by atoms with E-state index in [0.29, 0.717) is 18.2 Å². The molecule has 1 aromatic carbocycles. The highest BCUT2D eigenvalue weighted by molar-refractivity contribution is 6.32. The lowest BCUT2D eigenvalue weighted by molar-refractivity contribution is -0.122. The Balaban J connectivity index is 1.58. The van der Waals surface area contributed by atoms with Gasteiger partial charge in [0.15, 0.2) is 0 Å². The Morgan fingerprint density at radius 3 is 2.42 bits per heavy atom. The van der Waals surface area contributed by atoms with Crippen LogP contribution < -0.4 is 10.6 Å². The standard InChI is InChI=1S/C17H21ClN2O4/c1-9-4-3-5-11(15(9)18)6-14(22)20-13-8-24-16-12(19-10(2)21)7-23-17(13)16/h3-5,12-13,16-17H,6-8H2,1-2H3,(H,19,21)(H,20,22)/t12-,13-,16+,17+/m0/s1. The molecule has 0 aromatic heterocycles. The Morgan fingerprint density at radius 2 is 1.79 bits per heavy atom. The Morgan fingerprint density at radius 1 is 1.17 bits per heavy atom. The number of ether oxygens (including phenoxy) is 2. The van der Waals surface area contributed by atoms with Gasteiger partial charge in [0, 0.05) is 11.9 Å². The van der Waals surface area contributed by atoms with Crippen LogP contribution in [0.15, 0.2) is 18.2 Å². The predicted molar refractivity (Wildman–Crippen MR) is 88.9 cm³/mol. The molecule has 0 aliphatic carbocycles. The summed E-state index contributed by atoms with van der Waals surface area (Å²) in [5, 5.41) is 6.40. The molecule has 1 aromatic rings. The molecule has 7 heteroatoms. The highest BCUT2D eigenvalue weighted by Crippen LogP contribution is 2.27. The number of halogens is 1. The van der Waals surface area contributed by atoms with E-state index in [-0.39, 0.29) is 42.5 Å². The van der Waals surface area contributed by atoms with Gasteiger partial charge in [-0.25, -0.2) is 0 Å². The van der Waals surface area contributed by atoms with Crippen molar-refractivity contribution in [3.05, 3.63) is 34.3 Å². The lowest BCUT2D eigenvalue weighted by Gasteiger charge is -2.18.